The lowest BCUT2D eigenvalue weighted by atomic mass is 10.2. The summed E-state index contributed by atoms with van der Waals surface area (Å²) in [5.41, 5.74) is 1.02. The van der Waals surface area contributed by atoms with E-state index in [0.29, 0.717) is 17.9 Å². The second kappa shape index (κ2) is 10.4. The van der Waals surface area contributed by atoms with Crippen LogP contribution < -0.4 is 10.2 Å². The fraction of sp³-hybridized carbons (Fsp3) is 0.409. The average Bonchev–Trinajstić information content (AvgIpc) is 2.77. The van der Waals surface area contributed by atoms with Crippen molar-refractivity contribution in [2.24, 2.45) is 4.99 Å². The molecule has 0 aliphatic carbocycles. The fourth-order valence-corrected chi connectivity index (χ4v) is 4.76. The van der Waals surface area contributed by atoms with Gasteiger partial charge in [-0.2, -0.15) is 0 Å². The summed E-state index contributed by atoms with van der Waals surface area (Å²) < 4.78 is 37.9. The van der Waals surface area contributed by atoms with Gasteiger partial charge >= 0.3 is 0 Å². The maximum atomic E-state index is 13.1. The van der Waals surface area contributed by atoms with Gasteiger partial charge in [-0.3, -0.25) is 4.99 Å². The first-order chi connectivity index (χ1) is 14.5. The molecule has 0 spiro atoms. The number of anilines is 1. The van der Waals surface area contributed by atoms with Gasteiger partial charge in [-0.25, -0.2) is 12.8 Å². The molecule has 1 fully saturated rings. The van der Waals surface area contributed by atoms with Crippen molar-refractivity contribution in [3.05, 3.63) is 60.4 Å². The molecular weight excluding hydrogens is 403 g/mol. The molecule has 0 amide bonds. The Morgan fingerprint density at radius 1 is 1.03 bits per heavy atom. The van der Waals surface area contributed by atoms with E-state index >= 15 is 0 Å². The van der Waals surface area contributed by atoms with Gasteiger partial charge in [-0.1, -0.05) is 18.2 Å². The quantitative estimate of drug-likeness (QED) is 0.414. The molecule has 8 heteroatoms. The Bertz CT molecular complexity index is 925. The van der Waals surface area contributed by atoms with Crippen molar-refractivity contribution in [1.82, 2.24) is 10.2 Å². The highest BCUT2D eigenvalue weighted by Gasteiger charge is 2.20. The number of hydrogen-bond acceptors (Lipinski definition) is 4. The van der Waals surface area contributed by atoms with E-state index in [1.165, 1.54) is 12.1 Å². The first-order valence-electron chi connectivity index (χ1n) is 10.3. The molecule has 30 heavy (non-hydrogen) atoms. The number of guanidine groups is 1. The Labute approximate surface area is 178 Å². The summed E-state index contributed by atoms with van der Waals surface area (Å²) >= 11 is 0. The molecule has 0 bridgehead atoms. The molecule has 2 aromatic carbocycles. The highest BCUT2D eigenvalue weighted by atomic mass is 32.2. The zero-order valence-corrected chi connectivity index (χ0v) is 18.1. The van der Waals surface area contributed by atoms with Gasteiger partial charge in [0.2, 0.25) is 0 Å². The van der Waals surface area contributed by atoms with Crippen molar-refractivity contribution in [3.63, 3.8) is 0 Å². The molecule has 1 N–H and O–H groups in total. The maximum absolute atomic E-state index is 13.1. The minimum atomic E-state index is -3.27. The van der Waals surface area contributed by atoms with Crippen LogP contribution in [0.1, 0.15) is 13.3 Å². The van der Waals surface area contributed by atoms with Gasteiger partial charge in [0.15, 0.2) is 15.8 Å². The van der Waals surface area contributed by atoms with Crippen LogP contribution in [0.5, 0.6) is 0 Å². The number of aliphatic imine (C=N–C) groups is 1. The number of halogens is 1. The maximum Gasteiger partial charge on any atom is 0.194 e. The number of hydrogen-bond donors (Lipinski definition) is 1. The number of sulfone groups is 1. The second-order valence-electron chi connectivity index (χ2n) is 7.17. The second-order valence-corrected chi connectivity index (χ2v) is 9.28. The first kappa shape index (κ1) is 22.1. The molecule has 1 heterocycles. The minimum Gasteiger partial charge on any atom is -0.368 e. The van der Waals surface area contributed by atoms with Gasteiger partial charge in [0.05, 0.1) is 10.6 Å². The molecule has 2 aromatic rings. The van der Waals surface area contributed by atoms with Crippen LogP contribution >= 0.6 is 0 Å². The smallest absolute Gasteiger partial charge is 0.194 e. The first-order valence-corrected chi connectivity index (χ1v) is 12.0. The summed E-state index contributed by atoms with van der Waals surface area (Å²) in [6.07, 6.45) is 0.474. The predicted octanol–water partition coefficient (Wildman–Crippen LogP) is 2.78. The summed E-state index contributed by atoms with van der Waals surface area (Å²) in [5, 5.41) is 3.30. The van der Waals surface area contributed by atoms with Crippen LogP contribution in [0.3, 0.4) is 0 Å². The van der Waals surface area contributed by atoms with E-state index in [-0.39, 0.29) is 11.6 Å². The van der Waals surface area contributed by atoms with E-state index in [1.807, 2.05) is 13.0 Å². The molecule has 3 rings (SSSR count). The van der Waals surface area contributed by atoms with Crippen LogP contribution in [0.25, 0.3) is 0 Å². The number of piperazine rings is 1. The molecule has 1 saturated heterocycles. The van der Waals surface area contributed by atoms with Crippen molar-refractivity contribution in [1.29, 1.82) is 0 Å². The molecule has 0 atom stereocenters. The van der Waals surface area contributed by atoms with E-state index in [0.717, 1.165) is 44.4 Å². The van der Waals surface area contributed by atoms with E-state index in [9.17, 15) is 12.8 Å². The van der Waals surface area contributed by atoms with Gasteiger partial charge in [0.1, 0.15) is 5.82 Å². The van der Waals surface area contributed by atoms with Crippen molar-refractivity contribution in [2.45, 2.75) is 18.2 Å². The fourth-order valence-electron chi connectivity index (χ4n) is 3.44. The molecule has 6 nitrogen and oxygen atoms in total. The van der Waals surface area contributed by atoms with Crippen LogP contribution in [0.15, 0.2) is 64.5 Å². The molecule has 0 saturated carbocycles. The van der Waals surface area contributed by atoms with E-state index in [2.05, 4.69) is 20.1 Å². The Morgan fingerprint density at radius 2 is 1.70 bits per heavy atom. The molecule has 1 aliphatic heterocycles. The Kier molecular flexibility index (Phi) is 7.68. The summed E-state index contributed by atoms with van der Waals surface area (Å²) in [5.74, 6) is 0.666. The molecule has 1 aliphatic rings. The molecule has 162 valence electrons. The van der Waals surface area contributed by atoms with Crippen molar-refractivity contribution in [2.75, 3.05) is 49.9 Å². The monoisotopic (exact) mass is 432 g/mol. The Hall–Kier alpha value is -2.61. The topological polar surface area (TPSA) is 65.0 Å². The molecule has 0 aromatic heterocycles. The Morgan fingerprint density at radius 3 is 2.33 bits per heavy atom. The SMILES string of the molecule is CCNC(=NCCCS(=O)(=O)c1ccccc1)N1CCN(c2ccc(F)cc2)CC1. The van der Waals surface area contributed by atoms with Crippen molar-refractivity contribution >= 4 is 21.5 Å². The third-order valence-electron chi connectivity index (χ3n) is 5.04. The normalized spacial score (nSPS) is 15.3. The van der Waals surface area contributed by atoms with Gasteiger partial charge in [0, 0.05) is 45.0 Å². The third kappa shape index (κ3) is 5.95. The lowest BCUT2D eigenvalue weighted by molar-refractivity contribution is 0.372. The van der Waals surface area contributed by atoms with E-state index < -0.39 is 9.84 Å². The standard InChI is InChI=1S/C22H29FN4O2S/c1-2-24-22(25-13-6-18-30(28,29)21-7-4-3-5-8-21)27-16-14-26(15-17-27)20-11-9-19(23)10-12-20/h3-5,7-12H,2,6,13-18H2,1H3,(H,24,25). The highest BCUT2D eigenvalue weighted by Crippen LogP contribution is 2.17. The van der Waals surface area contributed by atoms with E-state index in [4.69, 9.17) is 0 Å². The van der Waals surface area contributed by atoms with Crippen LogP contribution in [-0.4, -0.2) is 64.3 Å². The predicted molar refractivity (Wildman–Crippen MR) is 119 cm³/mol. The lowest BCUT2D eigenvalue weighted by Crippen LogP contribution is -2.52. The number of nitrogens with one attached hydrogen (secondary N) is 1. The van der Waals surface area contributed by atoms with Gasteiger partial charge < -0.3 is 15.1 Å². The zero-order valence-electron chi connectivity index (χ0n) is 17.3. The lowest BCUT2D eigenvalue weighted by Gasteiger charge is -2.37. The van der Waals surface area contributed by atoms with Crippen LogP contribution in [-0.2, 0) is 9.84 Å². The number of nitrogens with zero attached hydrogens (tertiary/aromatic N) is 3. The van der Waals surface area contributed by atoms with Crippen LogP contribution in [0.4, 0.5) is 10.1 Å². The van der Waals surface area contributed by atoms with Crippen LogP contribution in [0.2, 0.25) is 0 Å². The van der Waals surface area contributed by atoms with Crippen LogP contribution in [0, 0.1) is 5.82 Å². The van der Waals surface area contributed by atoms with E-state index in [1.54, 1.807) is 36.4 Å². The third-order valence-corrected chi connectivity index (χ3v) is 6.86. The number of rotatable bonds is 7. The molecule has 0 radical (unpaired) electrons. The summed E-state index contributed by atoms with van der Waals surface area (Å²) in [7, 11) is -3.27. The Balaban J connectivity index is 1.53. The highest BCUT2D eigenvalue weighted by molar-refractivity contribution is 7.91. The van der Waals surface area contributed by atoms with Gasteiger partial charge in [0.25, 0.3) is 0 Å². The largest absolute Gasteiger partial charge is 0.368 e. The average molecular weight is 433 g/mol. The van der Waals surface area contributed by atoms with Crippen molar-refractivity contribution in [3.8, 4) is 0 Å². The van der Waals surface area contributed by atoms with Crippen molar-refractivity contribution < 1.29 is 12.8 Å². The van der Waals surface area contributed by atoms with Gasteiger partial charge in [-0.15, -0.1) is 0 Å². The zero-order chi connectivity index (χ0) is 21.4. The van der Waals surface area contributed by atoms with Gasteiger partial charge in [-0.05, 0) is 49.7 Å². The number of benzene rings is 2. The molecular formula is C22H29FN4O2S. The summed E-state index contributed by atoms with van der Waals surface area (Å²) in [6.45, 7) is 6.45. The summed E-state index contributed by atoms with van der Waals surface area (Å²) in [6, 6.07) is 15.1. The minimum absolute atomic E-state index is 0.0816. The summed E-state index contributed by atoms with van der Waals surface area (Å²) in [4.78, 5) is 9.42. The molecule has 0 unspecified atom stereocenters.